The standard InChI is InChI=1S/C12H13F3N4S/c1-16-6-8-3-4-9(5-10(8)12(13,14)15)20-11-17-7-18-19(11)2/h3-5,7,16H,6H2,1-2H3. The van der Waals surface area contributed by atoms with E-state index in [0.29, 0.717) is 10.1 Å². The summed E-state index contributed by atoms with van der Waals surface area (Å²) < 4.78 is 40.6. The van der Waals surface area contributed by atoms with Crippen molar-refractivity contribution in [3.63, 3.8) is 0 Å². The molecule has 0 spiro atoms. The molecular weight excluding hydrogens is 289 g/mol. The lowest BCUT2D eigenvalue weighted by molar-refractivity contribution is -0.138. The van der Waals surface area contributed by atoms with Crippen molar-refractivity contribution in [2.45, 2.75) is 22.8 Å². The van der Waals surface area contributed by atoms with Gasteiger partial charge in [-0.2, -0.15) is 18.3 Å². The van der Waals surface area contributed by atoms with Gasteiger partial charge in [0.15, 0.2) is 5.16 Å². The third-order valence-electron chi connectivity index (χ3n) is 2.63. The highest BCUT2D eigenvalue weighted by atomic mass is 32.2. The van der Waals surface area contributed by atoms with E-state index >= 15 is 0 Å². The number of nitrogens with zero attached hydrogens (tertiary/aromatic N) is 3. The lowest BCUT2D eigenvalue weighted by atomic mass is 10.1. The first-order valence-corrected chi connectivity index (χ1v) is 6.60. The van der Waals surface area contributed by atoms with Crippen LogP contribution in [0.3, 0.4) is 0 Å². The van der Waals surface area contributed by atoms with E-state index < -0.39 is 11.7 Å². The van der Waals surface area contributed by atoms with Crippen molar-refractivity contribution in [2.24, 2.45) is 7.05 Å². The Balaban J connectivity index is 2.34. The van der Waals surface area contributed by atoms with E-state index in [1.165, 1.54) is 17.1 Å². The molecule has 0 bridgehead atoms. The quantitative estimate of drug-likeness (QED) is 0.943. The Morgan fingerprint density at radius 1 is 1.35 bits per heavy atom. The first-order valence-electron chi connectivity index (χ1n) is 5.78. The zero-order valence-corrected chi connectivity index (χ0v) is 11.7. The highest BCUT2D eigenvalue weighted by Gasteiger charge is 2.33. The van der Waals surface area contributed by atoms with Gasteiger partial charge in [0.05, 0.1) is 5.56 Å². The number of alkyl halides is 3. The molecule has 0 saturated carbocycles. The summed E-state index contributed by atoms with van der Waals surface area (Å²) in [6.45, 7) is 0.170. The Kier molecular flexibility index (Phi) is 4.34. The molecule has 0 aliphatic carbocycles. The molecule has 1 aromatic carbocycles. The molecule has 0 atom stereocenters. The molecule has 1 heterocycles. The van der Waals surface area contributed by atoms with Gasteiger partial charge >= 0.3 is 6.18 Å². The van der Waals surface area contributed by atoms with Crippen LogP contribution in [0.5, 0.6) is 0 Å². The van der Waals surface area contributed by atoms with E-state index in [0.717, 1.165) is 17.8 Å². The van der Waals surface area contributed by atoms with Gasteiger partial charge in [-0.15, -0.1) is 0 Å². The highest BCUT2D eigenvalue weighted by Crippen LogP contribution is 2.36. The summed E-state index contributed by atoms with van der Waals surface area (Å²) in [5, 5.41) is 7.16. The molecule has 0 saturated heterocycles. The minimum atomic E-state index is -4.37. The summed E-state index contributed by atoms with van der Waals surface area (Å²) in [5.41, 5.74) is -0.402. The molecule has 0 unspecified atom stereocenters. The predicted octanol–water partition coefficient (Wildman–Crippen LogP) is 2.70. The van der Waals surface area contributed by atoms with Crippen LogP contribution in [0.1, 0.15) is 11.1 Å². The second kappa shape index (κ2) is 5.84. The van der Waals surface area contributed by atoms with Gasteiger partial charge in [-0.25, -0.2) is 9.67 Å². The average Bonchev–Trinajstić information content (AvgIpc) is 2.76. The van der Waals surface area contributed by atoms with Crippen molar-refractivity contribution in [1.82, 2.24) is 20.1 Å². The predicted molar refractivity (Wildman–Crippen MR) is 69.3 cm³/mol. The van der Waals surface area contributed by atoms with Crippen LogP contribution in [0.2, 0.25) is 0 Å². The van der Waals surface area contributed by atoms with Crippen LogP contribution in [-0.4, -0.2) is 21.8 Å². The monoisotopic (exact) mass is 302 g/mol. The lowest BCUT2D eigenvalue weighted by Gasteiger charge is -2.14. The molecule has 4 nitrogen and oxygen atoms in total. The van der Waals surface area contributed by atoms with Gasteiger partial charge in [-0.3, -0.25) is 0 Å². The molecule has 2 rings (SSSR count). The number of halogens is 3. The topological polar surface area (TPSA) is 42.7 Å². The summed E-state index contributed by atoms with van der Waals surface area (Å²) in [7, 11) is 3.30. The van der Waals surface area contributed by atoms with Crippen molar-refractivity contribution in [3.05, 3.63) is 35.7 Å². The average molecular weight is 302 g/mol. The first-order chi connectivity index (χ1) is 9.41. The van der Waals surface area contributed by atoms with Crippen molar-refractivity contribution in [1.29, 1.82) is 0 Å². The molecular formula is C12H13F3N4S. The van der Waals surface area contributed by atoms with Gasteiger partial charge in [0, 0.05) is 18.5 Å². The number of rotatable bonds is 4. The molecule has 1 N–H and O–H groups in total. The second-order valence-corrected chi connectivity index (χ2v) is 5.16. The van der Waals surface area contributed by atoms with Crippen LogP contribution in [0.15, 0.2) is 34.6 Å². The number of nitrogens with one attached hydrogen (secondary N) is 1. The Hall–Kier alpha value is -1.54. The number of aryl methyl sites for hydroxylation is 1. The molecule has 0 radical (unpaired) electrons. The molecule has 20 heavy (non-hydrogen) atoms. The maximum absolute atomic E-state index is 13.0. The summed E-state index contributed by atoms with van der Waals surface area (Å²) >= 11 is 1.15. The Morgan fingerprint density at radius 2 is 2.10 bits per heavy atom. The maximum atomic E-state index is 13.0. The van der Waals surface area contributed by atoms with Gasteiger partial charge in [0.2, 0.25) is 0 Å². The maximum Gasteiger partial charge on any atom is 0.416 e. The largest absolute Gasteiger partial charge is 0.416 e. The van der Waals surface area contributed by atoms with Crippen LogP contribution in [0, 0.1) is 0 Å². The van der Waals surface area contributed by atoms with Gasteiger partial charge in [0.25, 0.3) is 0 Å². The molecule has 0 amide bonds. The van der Waals surface area contributed by atoms with Gasteiger partial charge in [-0.05, 0) is 24.7 Å². The van der Waals surface area contributed by atoms with E-state index in [2.05, 4.69) is 15.4 Å². The van der Waals surface area contributed by atoms with E-state index in [-0.39, 0.29) is 12.1 Å². The van der Waals surface area contributed by atoms with Crippen LogP contribution < -0.4 is 5.32 Å². The van der Waals surface area contributed by atoms with Gasteiger partial charge in [-0.1, -0.05) is 17.8 Å². The molecule has 0 aliphatic rings. The minimum absolute atomic E-state index is 0.170. The SMILES string of the molecule is CNCc1ccc(Sc2ncnn2C)cc1C(F)(F)F. The zero-order valence-electron chi connectivity index (χ0n) is 10.9. The van der Waals surface area contributed by atoms with Crippen LogP contribution in [-0.2, 0) is 19.8 Å². The van der Waals surface area contributed by atoms with Gasteiger partial charge < -0.3 is 5.32 Å². The molecule has 0 aliphatic heterocycles. The van der Waals surface area contributed by atoms with Crippen LogP contribution >= 0.6 is 11.8 Å². The lowest BCUT2D eigenvalue weighted by Crippen LogP contribution is -2.14. The third-order valence-corrected chi connectivity index (χ3v) is 3.67. The van der Waals surface area contributed by atoms with E-state index in [1.54, 1.807) is 20.2 Å². The minimum Gasteiger partial charge on any atom is -0.316 e. The van der Waals surface area contributed by atoms with Crippen molar-refractivity contribution >= 4 is 11.8 Å². The van der Waals surface area contributed by atoms with Crippen molar-refractivity contribution in [2.75, 3.05) is 7.05 Å². The van der Waals surface area contributed by atoms with Crippen molar-refractivity contribution < 1.29 is 13.2 Å². The normalized spacial score (nSPS) is 11.8. The molecule has 2 aromatic rings. The molecule has 0 fully saturated rings. The van der Waals surface area contributed by atoms with Crippen molar-refractivity contribution in [3.8, 4) is 0 Å². The summed E-state index contributed by atoms with van der Waals surface area (Å²) in [6, 6.07) is 4.28. The fraction of sp³-hybridized carbons (Fsp3) is 0.333. The molecule has 8 heteroatoms. The molecule has 108 valence electrons. The third kappa shape index (κ3) is 3.31. The number of aromatic nitrogens is 3. The summed E-state index contributed by atoms with van der Waals surface area (Å²) in [5.74, 6) is 0. The first kappa shape index (κ1) is 14.9. The fourth-order valence-electron chi connectivity index (χ4n) is 1.71. The Bertz CT molecular complexity index is 595. The van der Waals surface area contributed by atoms with Crippen LogP contribution in [0.25, 0.3) is 0 Å². The van der Waals surface area contributed by atoms with E-state index in [9.17, 15) is 13.2 Å². The number of benzene rings is 1. The van der Waals surface area contributed by atoms with E-state index in [1.807, 2.05) is 0 Å². The summed E-state index contributed by atoms with van der Waals surface area (Å²) in [4.78, 5) is 4.46. The van der Waals surface area contributed by atoms with Gasteiger partial charge in [0.1, 0.15) is 6.33 Å². The summed E-state index contributed by atoms with van der Waals surface area (Å²) in [6.07, 6.45) is -3.01. The second-order valence-electron chi connectivity index (χ2n) is 4.12. The Labute approximate surface area is 118 Å². The number of hydrogen-bond acceptors (Lipinski definition) is 4. The molecule has 1 aromatic heterocycles. The Morgan fingerprint density at radius 3 is 2.65 bits per heavy atom. The van der Waals surface area contributed by atoms with Crippen LogP contribution in [0.4, 0.5) is 13.2 Å². The van der Waals surface area contributed by atoms with E-state index in [4.69, 9.17) is 0 Å². The highest BCUT2D eigenvalue weighted by molar-refractivity contribution is 7.99. The smallest absolute Gasteiger partial charge is 0.316 e. The fourth-order valence-corrected chi connectivity index (χ4v) is 2.51. The number of hydrogen-bond donors (Lipinski definition) is 1. The zero-order chi connectivity index (χ0) is 14.8.